The predicted molar refractivity (Wildman–Crippen MR) is 161 cm³/mol. The van der Waals surface area contributed by atoms with Gasteiger partial charge in [-0.2, -0.15) is 0 Å². The fourth-order valence-electron chi connectivity index (χ4n) is 4.28. The van der Waals surface area contributed by atoms with Crippen molar-refractivity contribution in [3.63, 3.8) is 0 Å². The van der Waals surface area contributed by atoms with Gasteiger partial charge in [-0.25, -0.2) is 8.42 Å². The van der Waals surface area contributed by atoms with Crippen LogP contribution in [0.1, 0.15) is 55.0 Å². The Bertz CT molecular complexity index is 1430. The summed E-state index contributed by atoms with van der Waals surface area (Å²) in [4.78, 5) is 28.8. The number of hydrogen-bond donors (Lipinski definition) is 1. The minimum Gasteiger partial charge on any atom is -0.352 e. The van der Waals surface area contributed by atoms with Crippen LogP contribution in [-0.2, 0) is 26.2 Å². The molecule has 1 N–H and O–H groups in total. The molecule has 3 aromatic carbocycles. The van der Waals surface area contributed by atoms with Crippen LogP contribution in [0.2, 0.25) is 0 Å². The molecule has 3 rings (SSSR count). The summed E-state index contributed by atoms with van der Waals surface area (Å²) in [6, 6.07) is 19.0. The maximum atomic E-state index is 14.1. The van der Waals surface area contributed by atoms with Crippen molar-refractivity contribution in [3.05, 3.63) is 94.5 Å². The molecule has 0 radical (unpaired) electrons. The molecule has 7 nitrogen and oxygen atoms in total. The van der Waals surface area contributed by atoms with Crippen molar-refractivity contribution in [1.29, 1.82) is 0 Å². The lowest BCUT2D eigenvalue weighted by Gasteiger charge is -2.33. The first kappa shape index (κ1) is 30.9. The average molecular weight is 564 g/mol. The minimum atomic E-state index is -4.10. The number of carbonyl (C=O) groups is 2. The Kier molecular flexibility index (Phi) is 10.1. The molecule has 3 aromatic rings. The minimum absolute atomic E-state index is 0.0559. The molecule has 8 heteroatoms. The number of sulfonamides is 1. The fraction of sp³-hybridized carbons (Fsp3) is 0.375. The number of anilines is 1. The third-order valence-electron chi connectivity index (χ3n) is 7.16. The molecule has 0 saturated heterocycles. The summed E-state index contributed by atoms with van der Waals surface area (Å²) in [6.07, 6.45) is 0.750. The summed E-state index contributed by atoms with van der Waals surface area (Å²) in [5.74, 6) is -0.751. The van der Waals surface area contributed by atoms with E-state index >= 15 is 0 Å². The van der Waals surface area contributed by atoms with E-state index in [9.17, 15) is 18.0 Å². The Balaban J connectivity index is 2.06. The van der Waals surface area contributed by atoms with Crippen molar-refractivity contribution >= 4 is 27.5 Å². The normalized spacial score (nSPS) is 12.9. The molecule has 40 heavy (non-hydrogen) atoms. The summed E-state index contributed by atoms with van der Waals surface area (Å²) in [7, 11) is -4.10. The number of amides is 2. The Hall–Kier alpha value is -3.65. The molecular weight excluding hydrogens is 522 g/mol. The second-order valence-electron chi connectivity index (χ2n) is 10.6. The lowest BCUT2D eigenvalue weighted by molar-refractivity contribution is -0.139. The number of rotatable bonds is 11. The highest BCUT2D eigenvalue weighted by molar-refractivity contribution is 7.92. The Morgan fingerprint density at radius 3 is 1.95 bits per heavy atom. The second-order valence-corrected chi connectivity index (χ2v) is 12.5. The van der Waals surface area contributed by atoms with Crippen molar-refractivity contribution in [2.75, 3.05) is 10.8 Å². The first-order chi connectivity index (χ1) is 18.8. The molecule has 214 valence electrons. The lowest BCUT2D eigenvalue weighted by atomic mass is 10.1. The van der Waals surface area contributed by atoms with Crippen molar-refractivity contribution < 1.29 is 18.0 Å². The third kappa shape index (κ3) is 7.50. The zero-order valence-corrected chi connectivity index (χ0v) is 25.4. The number of hydrogen-bond acceptors (Lipinski definition) is 4. The van der Waals surface area contributed by atoms with E-state index in [0.29, 0.717) is 5.69 Å². The molecule has 2 amide bonds. The molecule has 0 unspecified atom stereocenters. The van der Waals surface area contributed by atoms with Crippen molar-refractivity contribution in [3.8, 4) is 0 Å². The Morgan fingerprint density at radius 1 is 0.825 bits per heavy atom. The van der Waals surface area contributed by atoms with E-state index in [2.05, 4.69) is 5.32 Å². The quantitative estimate of drug-likeness (QED) is 0.336. The predicted octanol–water partition coefficient (Wildman–Crippen LogP) is 5.45. The number of benzene rings is 3. The van der Waals surface area contributed by atoms with E-state index in [1.54, 1.807) is 37.3 Å². The largest absolute Gasteiger partial charge is 0.352 e. The van der Waals surface area contributed by atoms with Gasteiger partial charge in [0, 0.05) is 12.6 Å². The molecule has 0 saturated carbocycles. The van der Waals surface area contributed by atoms with Gasteiger partial charge in [0.15, 0.2) is 0 Å². The highest BCUT2D eigenvalue weighted by atomic mass is 32.2. The molecule has 0 aliphatic carbocycles. The summed E-state index contributed by atoms with van der Waals surface area (Å²) in [5.41, 5.74) is 4.88. The zero-order chi connectivity index (χ0) is 29.6. The maximum Gasteiger partial charge on any atom is 0.264 e. The van der Waals surface area contributed by atoms with Gasteiger partial charge in [-0.3, -0.25) is 13.9 Å². The van der Waals surface area contributed by atoms with Crippen LogP contribution < -0.4 is 9.62 Å². The monoisotopic (exact) mass is 563 g/mol. The SMILES string of the molecule is CC[C@H](C)NC(=O)[C@@H](C)N(Cc1ccc(C)cc1)C(=O)CN(c1cc(C)ccc1C)S(=O)(=O)c1ccc(C)cc1. The van der Waals surface area contributed by atoms with E-state index in [4.69, 9.17) is 0 Å². The second kappa shape index (κ2) is 13.1. The summed E-state index contributed by atoms with van der Waals surface area (Å²) in [6.45, 7) is 12.9. The van der Waals surface area contributed by atoms with E-state index in [1.807, 2.05) is 77.9 Å². The molecule has 0 fully saturated rings. The van der Waals surface area contributed by atoms with Crippen molar-refractivity contribution in [2.45, 2.75) is 78.4 Å². The molecule has 0 bridgehead atoms. The molecule has 0 aliphatic rings. The number of carbonyl (C=O) groups excluding carboxylic acids is 2. The van der Waals surface area contributed by atoms with Gasteiger partial charge < -0.3 is 10.2 Å². The summed E-state index contributed by atoms with van der Waals surface area (Å²) < 4.78 is 29.2. The average Bonchev–Trinajstić information content (AvgIpc) is 2.92. The van der Waals surface area contributed by atoms with Crippen LogP contribution in [0, 0.1) is 27.7 Å². The van der Waals surface area contributed by atoms with Gasteiger partial charge in [0.1, 0.15) is 12.6 Å². The van der Waals surface area contributed by atoms with Crippen LogP contribution >= 0.6 is 0 Å². The van der Waals surface area contributed by atoms with Crippen molar-refractivity contribution in [2.24, 2.45) is 0 Å². The standard InChI is InChI=1S/C32H41N3O4S/c1-8-26(6)33-32(37)27(7)34(20-28-15-10-22(2)11-16-28)31(36)21-35(30-19-24(4)9-14-25(30)5)40(38,39)29-17-12-23(3)13-18-29/h9-19,26-27H,8,20-21H2,1-7H3,(H,33,37)/t26-,27+/m0/s1. The summed E-state index contributed by atoms with van der Waals surface area (Å²) >= 11 is 0. The van der Waals surface area contributed by atoms with Gasteiger partial charge >= 0.3 is 0 Å². The molecule has 2 atom stereocenters. The Morgan fingerprint density at radius 2 is 1.38 bits per heavy atom. The zero-order valence-electron chi connectivity index (χ0n) is 24.6. The number of nitrogens with one attached hydrogen (secondary N) is 1. The maximum absolute atomic E-state index is 14.1. The number of aryl methyl sites for hydroxylation is 4. The third-order valence-corrected chi connectivity index (χ3v) is 8.94. The van der Waals surface area contributed by atoms with Gasteiger partial charge in [-0.15, -0.1) is 0 Å². The van der Waals surface area contributed by atoms with Crippen LogP contribution in [0.5, 0.6) is 0 Å². The molecular formula is C32H41N3O4S. The Labute approximate surface area is 239 Å². The fourth-order valence-corrected chi connectivity index (χ4v) is 5.75. The molecule has 0 heterocycles. The van der Waals surface area contributed by atoms with Crippen LogP contribution in [-0.4, -0.2) is 43.8 Å². The first-order valence-electron chi connectivity index (χ1n) is 13.7. The van der Waals surface area contributed by atoms with Crippen molar-refractivity contribution in [1.82, 2.24) is 10.2 Å². The van der Waals surface area contributed by atoms with E-state index in [-0.39, 0.29) is 23.4 Å². The van der Waals surface area contributed by atoms with Gasteiger partial charge in [-0.05, 0) is 82.9 Å². The molecule has 0 aromatic heterocycles. The lowest BCUT2D eigenvalue weighted by Crippen LogP contribution is -2.52. The van der Waals surface area contributed by atoms with Crippen LogP contribution in [0.4, 0.5) is 5.69 Å². The van der Waals surface area contributed by atoms with Gasteiger partial charge in [0.05, 0.1) is 10.6 Å². The van der Waals surface area contributed by atoms with E-state index < -0.39 is 28.5 Å². The molecule has 0 aliphatic heterocycles. The smallest absolute Gasteiger partial charge is 0.264 e. The van der Waals surface area contributed by atoms with Gasteiger partial charge in [0.2, 0.25) is 11.8 Å². The summed E-state index contributed by atoms with van der Waals surface area (Å²) in [5, 5.41) is 2.96. The van der Waals surface area contributed by atoms with Crippen LogP contribution in [0.15, 0.2) is 71.6 Å². The topological polar surface area (TPSA) is 86.8 Å². The number of nitrogens with zero attached hydrogens (tertiary/aromatic N) is 2. The van der Waals surface area contributed by atoms with E-state index in [0.717, 1.165) is 34.2 Å². The first-order valence-corrected chi connectivity index (χ1v) is 15.1. The molecule has 0 spiro atoms. The highest BCUT2D eigenvalue weighted by Gasteiger charge is 2.33. The highest BCUT2D eigenvalue weighted by Crippen LogP contribution is 2.28. The van der Waals surface area contributed by atoms with Gasteiger partial charge in [0.25, 0.3) is 10.0 Å². The van der Waals surface area contributed by atoms with Gasteiger partial charge in [-0.1, -0.05) is 66.6 Å². The van der Waals surface area contributed by atoms with Crippen LogP contribution in [0.3, 0.4) is 0 Å². The van der Waals surface area contributed by atoms with E-state index in [1.165, 1.54) is 9.21 Å². The van der Waals surface area contributed by atoms with Crippen LogP contribution in [0.25, 0.3) is 0 Å².